The molecule has 0 aromatic heterocycles. The molecule has 1 aromatic rings. The summed E-state index contributed by atoms with van der Waals surface area (Å²) in [6.07, 6.45) is 0. The number of hydrogen-bond donors (Lipinski definition) is 1. The molecule has 0 aliphatic carbocycles. The molecule has 0 saturated heterocycles. The summed E-state index contributed by atoms with van der Waals surface area (Å²) in [5.74, 6) is 0.809. The Kier molecular flexibility index (Phi) is 1.81. The van der Waals surface area contributed by atoms with Crippen LogP contribution in [0, 0.1) is 6.92 Å². The first-order chi connectivity index (χ1) is 4.74. The summed E-state index contributed by atoms with van der Waals surface area (Å²) < 4.78 is 4.86. The van der Waals surface area contributed by atoms with Gasteiger partial charge in [-0.3, -0.25) is 0 Å². The molecule has 0 spiro atoms. The van der Waals surface area contributed by atoms with Crippen molar-refractivity contribution in [1.29, 1.82) is 0 Å². The third kappa shape index (κ3) is 1.21. The predicted molar refractivity (Wildman–Crippen MR) is 39.1 cm³/mol. The van der Waals surface area contributed by atoms with Crippen molar-refractivity contribution in [2.75, 3.05) is 7.11 Å². The average Bonchev–Trinajstić information content (AvgIpc) is 1.95. The van der Waals surface area contributed by atoms with Gasteiger partial charge >= 0.3 is 0 Å². The first kappa shape index (κ1) is 6.93. The summed E-state index contributed by atoms with van der Waals surface area (Å²) in [6, 6.07) is 4.98. The fourth-order valence-electron chi connectivity index (χ4n) is 0.671. The van der Waals surface area contributed by atoms with Gasteiger partial charge in [-0.15, -0.1) is 0 Å². The van der Waals surface area contributed by atoms with Crippen molar-refractivity contribution in [1.82, 2.24) is 0 Å². The average molecular weight is 137 g/mol. The summed E-state index contributed by atoms with van der Waals surface area (Å²) in [6.45, 7) is 3.59. The van der Waals surface area contributed by atoms with Crippen molar-refractivity contribution in [2.24, 2.45) is 0 Å². The van der Waals surface area contributed by atoms with E-state index >= 15 is 0 Å². The SMILES string of the molecule is [CH2]c1ccc(OC)cc1O. The monoisotopic (exact) mass is 137 g/mol. The molecule has 53 valence electrons. The second kappa shape index (κ2) is 2.60. The van der Waals surface area contributed by atoms with Crippen molar-refractivity contribution in [3.05, 3.63) is 30.7 Å². The van der Waals surface area contributed by atoms with E-state index in [2.05, 4.69) is 6.92 Å². The highest BCUT2D eigenvalue weighted by Crippen LogP contribution is 2.21. The first-order valence-corrected chi connectivity index (χ1v) is 2.93. The van der Waals surface area contributed by atoms with Crippen molar-refractivity contribution >= 4 is 0 Å². The van der Waals surface area contributed by atoms with Gasteiger partial charge in [0.25, 0.3) is 0 Å². The van der Waals surface area contributed by atoms with Gasteiger partial charge in [-0.05, 0) is 18.6 Å². The van der Waals surface area contributed by atoms with Crippen LogP contribution in [-0.4, -0.2) is 12.2 Å². The molecule has 2 heteroatoms. The van der Waals surface area contributed by atoms with Gasteiger partial charge < -0.3 is 9.84 Å². The van der Waals surface area contributed by atoms with E-state index in [0.29, 0.717) is 11.3 Å². The van der Waals surface area contributed by atoms with Crippen molar-refractivity contribution < 1.29 is 9.84 Å². The number of phenols is 1. The molecule has 0 aliphatic rings. The van der Waals surface area contributed by atoms with E-state index in [4.69, 9.17) is 9.84 Å². The number of aromatic hydroxyl groups is 1. The van der Waals surface area contributed by atoms with Crippen LogP contribution >= 0.6 is 0 Å². The summed E-state index contributed by atoms with van der Waals surface area (Å²) in [5, 5.41) is 9.09. The summed E-state index contributed by atoms with van der Waals surface area (Å²) in [4.78, 5) is 0. The Labute approximate surface area is 60.1 Å². The zero-order chi connectivity index (χ0) is 7.56. The van der Waals surface area contributed by atoms with Gasteiger partial charge in [0.2, 0.25) is 0 Å². The molecule has 0 atom stereocenters. The maximum absolute atomic E-state index is 9.09. The highest BCUT2D eigenvalue weighted by molar-refractivity contribution is 5.40. The third-order valence-corrected chi connectivity index (χ3v) is 1.29. The highest BCUT2D eigenvalue weighted by Gasteiger charge is 1.95. The Balaban J connectivity index is 3.04. The van der Waals surface area contributed by atoms with Crippen LogP contribution in [0.2, 0.25) is 0 Å². The third-order valence-electron chi connectivity index (χ3n) is 1.29. The zero-order valence-electron chi connectivity index (χ0n) is 5.79. The Hall–Kier alpha value is -1.18. The van der Waals surface area contributed by atoms with Crippen LogP contribution in [0.25, 0.3) is 0 Å². The second-order valence-corrected chi connectivity index (χ2v) is 1.99. The Bertz CT molecular complexity index is 231. The maximum Gasteiger partial charge on any atom is 0.122 e. The lowest BCUT2D eigenvalue weighted by atomic mass is 10.2. The van der Waals surface area contributed by atoms with Crippen LogP contribution in [0.1, 0.15) is 5.56 Å². The molecule has 1 N–H and O–H groups in total. The normalized spacial score (nSPS) is 9.40. The molecule has 0 amide bonds. The van der Waals surface area contributed by atoms with E-state index in [9.17, 15) is 0 Å². The molecule has 0 unspecified atom stereocenters. The van der Waals surface area contributed by atoms with Gasteiger partial charge in [0.15, 0.2) is 0 Å². The van der Waals surface area contributed by atoms with Gasteiger partial charge in [-0.1, -0.05) is 6.07 Å². The minimum absolute atomic E-state index is 0.166. The standard InChI is InChI=1S/C8H9O2/c1-6-3-4-7(10-2)5-8(6)9/h3-5,9H,1H2,2H3. The molecule has 0 aliphatic heterocycles. The maximum atomic E-state index is 9.09. The van der Waals surface area contributed by atoms with Gasteiger partial charge in [0, 0.05) is 6.07 Å². The lowest BCUT2D eigenvalue weighted by Gasteiger charge is -2.01. The van der Waals surface area contributed by atoms with Crippen LogP contribution in [0.15, 0.2) is 18.2 Å². The molecular weight excluding hydrogens is 128 g/mol. The number of phenolic OH excluding ortho intramolecular Hbond substituents is 1. The Morgan fingerprint density at radius 2 is 2.20 bits per heavy atom. The lowest BCUT2D eigenvalue weighted by Crippen LogP contribution is -1.82. The van der Waals surface area contributed by atoms with E-state index < -0.39 is 0 Å². The molecule has 2 nitrogen and oxygen atoms in total. The summed E-state index contributed by atoms with van der Waals surface area (Å²) in [7, 11) is 1.55. The number of benzene rings is 1. The smallest absolute Gasteiger partial charge is 0.122 e. The van der Waals surface area contributed by atoms with Crippen LogP contribution in [0.4, 0.5) is 0 Å². The molecular formula is C8H9O2. The number of methoxy groups -OCH3 is 1. The van der Waals surface area contributed by atoms with Crippen LogP contribution in [0.3, 0.4) is 0 Å². The highest BCUT2D eigenvalue weighted by atomic mass is 16.5. The van der Waals surface area contributed by atoms with Crippen LogP contribution in [0.5, 0.6) is 11.5 Å². The predicted octanol–water partition coefficient (Wildman–Crippen LogP) is 1.58. The molecule has 10 heavy (non-hydrogen) atoms. The second-order valence-electron chi connectivity index (χ2n) is 1.99. The minimum Gasteiger partial charge on any atom is -0.508 e. The number of rotatable bonds is 1. The largest absolute Gasteiger partial charge is 0.508 e. The Morgan fingerprint density at radius 1 is 1.50 bits per heavy atom. The van der Waals surface area contributed by atoms with Crippen molar-refractivity contribution in [3.63, 3.8) is 0 Å². The molecule has 1 rings (SSSR count). The molecule has 0 heterocycles. The van der Waals surface area contributed by atoms with Gasteiger partial charge in [-0.2, -0.15) is 0 Å². The lowest BCUT2D eigenvalue weighted by molar-refractivity contribution is 0.407. The molecule has 1 aromatic carbocycles. The van der Waals surface area contributed by atoms with E-state index in [1.807, 2.05) is 0 Å². The summed E-state index contributed by atoms with van der Waals surface area (Å²) >= 11 is 0. The molecule has 0 bridgehead atoms. The molecule has 1 radical (unpaired) electrons. The first-order valence-electron chi connectivity index (χ1n) is 2.93. The topological polar surface area (TPSA) is 29.5 Å². The zero-order valence-corrected chi connectivity index (χ0v) is 5.79. The minimum atomic E-state index is 0.166. The number of ether oxygens (including phenoxy) is 1. The van der Waals surface area contributed by atoms with Gasteiger partial charge in [0.1, 0.15) is 11.5 Å². The van der Waals surface area contributed by atoms with Gasteiger partial charge in [0.05, 0.1) is 7.11 Å². The quantitative estimate of drug-likeness (QED) is 0.636. The van der Waals surface area contributed by atoms with E-state index in [-0.39, 0.29) is 5.75 Å². The molecule has 0 fully saturated rings. The van der Waals surface area contributed by atoms with Crippen molar-refractivity contribution in [2.45, 2.75) is 0 Å². The molecule has 0 saturated carbocycles. The van der Waals surface area contributed by atoms with Crippen LogP contribution < -0.4 is 4.74 Å². The fourth-order valence-corrected chi connectivity index (χ4v) is 0.671. The fraction of sp³-hybridized carbons (Fsp3) is 0.125. The van der Waals surface area contributed by atoms with E-state index in [1.165, 1.54) is 6.07 Å². The van der Waals surface area contributed by atoms with Crippen molar-refractivity contribution in [3.8, 4) is 11.5 Å². The van der Waals surface area contributed by atoms with Crippen LogP contribution in [-0.2, 0) is 0 Å². The van der Waals surface area contributed by atoms with E-state index in [0.717, 1.165) is 0 Å². The number of hydrogen-bond acceptors (Lipinski definition) is 2. The summed E-state index contributed by atoms with van der Waals surface area (Å²) in [5.41, 5.74) is 0.612. The van der Waals surface area contributed by atoms with Gasteiger partial charge in [-0.25, -0.2) is 0 Å². The Morgan fingerprint density at radius 3 is 2.70 bits per heavy atom. The van der Waals surface area contributed by atoms with E-state index in [1.54, 1.807) is 19.2 Å².